The Kier molecular flexibility index (Phi) is 9.23. The summed E-state index contributed by atoms with van der Waals surface area (Å²) in [4.78, 5) is 14.3. The van der Waals surface area contributed by atoms with E-state index in [9.17, 15) is 17.6 Å². The molecule has 0 bridgehead atoms. The minimum atomic E-state index is -3.44. The van der Waals surface area contributed by atoms with Gasteiger partial charge in [0.1, 0.15) is 5.82 Å². The lowest BCUT2D eigenvalue weighted by Crippen LogP contribution is -2.50. The minimum absolute atomic E-state index is 0. The van der Waals surface area contributed by atoms with Crippen LogP contribution in [0.3, 0.4) is 0 Å². The topological polar surface area (TPSA) is 69.7 Å². The van der Waals surface area contributed by atoms with E-state index in [0.717, 1.165) is 19.0 Å². The number of piperazine rings is 1. The van der Waals surface area contributed by atoms with Gasteiger partial charge >= 0.3 is 0 Å². The molecule has 0 spiro atoms. The summed E-state index contributed by atoms with van der Waals surface area (Å²) in [5.74, 6) is -1.15. The molecule has 1 saturated heterocycles. The maximum atomic E-state index is 13.2. The number of hydrogen-bond acceptors (Lipinski definition) is 4. The van der Waals surface area contributed by atoms with Crippen molar-refractivity contribution in [3.05, 3.63) is 71.5 Å². The Bertz CT molecular complexity index is 920. The molecule has 164 valence electrons. The first-order chi connectivity index (χ1) is 13.9. The highest BCUT2D eigenvalue weighted by molar-refractivity contribution is 7.89. The lowest BCUT2D eigenvalue weighted by Gasteiger charge is -2.34. The largest absolute Gasteiger partial charge is 0.351 e. The maximum Gasteiger partial charge on any atom is 0.251 e. The van der Waals surface area contributed by atoms with Gasteiger partial charge in [0.05, 0.1) is 5.75 Å². The van der Waals surface area contributed by atoms with E-state index in [1.807, 2.05) is 18.2 Å². The maximum absolute atomic E-state index is 13.2. The number of rotatable bonds is 8. The van der Waals surface area contributed by atoms with E-state index in [-0.39, 0.29) is 30.3 Å². The Morgan fingerprint density at radius 2 is 1.70 bits per heavy atom. The molecule has 0 aliphatic carbocycles. The van der Waals surface area contributed by atoms with Crippen molar-refractivity contribution in [1.29, 1.82) is 0 Å². The Morgan fingerprint density at radius 1 is 1.00 bits per heavy atom. The van der Waals surface area contributed by atoms with Gasteiger partial charge < -0.3 is 10.2 Å². The third-order valence-corrected chi connectivity index (χ3v) is 6.89. The van der Waals surface area contributed by atoms with Gasteiger partial charge in [0.2, 0.25) is 10.0 Å². The van der Waals surface area contributed by atoms with Crippen molar-refractivity contribution >= 4 is 28.3 Å². The van der Waals surface area contributed by atoms with Crippen LogP contribution < -0.4 is 5.32 Å². The first-order valence-corrected chi connectivity index (χ1v) is 11.3. The number of sulfonamides is 1. The number of halogens is 2. The Morgan fingerprint density at radius 3 is 2.37 bits per heavy atom. The van der Waals surface area contributed by atoms with Crippen LogP contribution in [0, 0.1) is 5.82 Å². The summed E-state index contributed by atoms with van der Waals surface area (Å²) in [7, 11) is -3.44. The highest BCUT2D eigenvalue weighted by atomic mass is 35.5. The van der Waals surface area contributed by atoms with Crippen molar-refractivity contribution in [2.24, 2.45) is 0 Å². The summed E-state index contributed by atoms with van der Waals surface area (Å²) in [6, 6.07) is 15.5. The predicted octanol–water partition coefficient (Wildman–Crippen LogP) is 2.17. The lowest BCUT2D eigenvalue weighted by atomic mass is 10.1. The number of amides is 1. The second kappa shape index (κ2) is 11.4. The molecule has 0 saturated carbocycles. The van der Waals surface area contributed by atoms with E-state index < -0.39 is 21.7 Å². The highest BCUT2D eigenvalue weighted by Gasteiger charge is 2.26. The zero-order valence-electron chi connectivity index (χ0n) is 16.7. The summed E-state index contributed by atoms with van der Waals surface area (Å²) >= 11 is 0. The van der Waals surface area contributed by atoms with Crippen LogP contribution in [0.1, 0.15) is 15.9 Å². The SMILES string of the molecule is Cl.O=C(NCCS(=O)(=O)N1CCN(CCc2ccccc2)CC1)c1cccc(F)c1. The van der Waals surface area contributed by atoms with Crippen LogP contribution in [-0.4, -0.2) is 68.6 Å². The number of carbonyl (C=O) groups excluding carboxylic acids is 1. The number of hydrogen-bond donors (Lipinski definition) is 1. The molecule has 1 fully saturated rings. The molecule has 1 aliphatic heterocycles. The number of nitrogens with one attached hydrogen (secondary N) is 1. The van der Waals surface area contributed by atoms with Gasteiger partial charge in [-0.15, -0.1) is 12.4 Å². The summed E-state index contributed by atoms with van der Waals surface area (Å²) in [6.45, 7) is 3.20. The van der Waals surface area contributed by atoms with Gasteiger partial charge in [-0.2, -0.15) is 4.31 Å². The van der Waals surface area contributed by atoms with Gasteiger partial charge in [-0.25, -0.2) is 12.8 Å². The minimum Gasteiger partial charge on any atom is -0.351 e. The number of benzene rings is 2. The molecule has 0 atom stereocenters. The third kappa shape index (κ3) is 7.05. The normalized spacial score (nSPS) is 15.4. The lowest BCUT2D eigenvalue weighted by molar-refractivity contribution is 0.0955. The monoisotopic (exact) mass is 455 g/mol. The van der Waals surface area contributed by atoms with Crippen LogP contribution in [0.25, 0.3) is 0 Å². The molecule has 0 aromatic heterocycles. The van der Waals surface area contributed by atoms with Gasteiger partial charge in [-0.3, -0.25) is 4.79 Å². The Balaban J connectivity index is 0.00000320. The fourth-order valence-electron chi connectivity index (χ4n) is 3.32. The predicted molar refractivity (Wildman–Crippen MR) is 118 cm³/mol. The van der Waals surface area contributed by atoms with E-state index in [4.69, 9.17) is 0 Å². The third-order valence-electron chi connectivity index (χ3n) is 5.02. The van der Waals surface area contributed by atoms with E-state index >= 15 is 0 Å². The summed E-state index contributed by atoms with van der Waals surface area (Å²) < 4.78 is 39.7. The van der Waals surface area contributed by atoms with Crippen molar-refractivity contribution < 1.29 is 17.6 Å². The van der Waals surface area contributed by atoms with Crippen LogP contribution >= 0.6 is 12.4 Å². The van der Waals surface area contributed by atoms with Crippen LogP contribution in [0.15, 0.2) is 54.6 Å². The van der Waals surface area contributed by atoms with E-state index in [1.165, 1.54) is 28.1 Å². The smallest absolute Gasteiger partial charge is 0.251 e. The second-order valence-electron chi connectivity index (χ2n) is 7.06. The summed E-state index contributed by atoms with van der Waals surface area (Å²) in [5.41, 5.74) is 1.45. The fraction of sp³-hybridized carbons (Fsp3) is 0.381. The van der Waals surface area contributed by atoms with Gasteiger partial charge in [-0.1, -0.05) is 36.4 Å². The van der Waals surface area contributed by atoms with E-state index in [0.29, 0.717) is 26.2 Å². The number of carbonyl (C=O) groups is 1. The molecule has 2 aromatic carbocycles. The molecular formula is C21H27ClFN3O3S. The van der Waals surface area contributed by atoms with Crippen LogP contribution in [0.5, 0.6) is 0 Å². The first-order valence-electron chi connectivity index (χ1n) is 9.72. The average Bonchev–Trinajstić information content (AvgIpc) is 2.73. The first kappa shape index (κ1) is 24.3. The van der Waals surface area contributed by atoms with Crippen molar-refractivity contribution in [3.8, 4) is 0 Å². The van der Waals surface area contributed by atoms with Crippen LogP contribution in [0.2, 0.25) is 0 Å². The standard InChI is InChI=1S/C21H26FN3O3S.ClH/c22-20-8-4-7-19(17-20)21(26)23-10-16-29(27,28)25-14-12-24(13-15-25)11-9-18-5-2-1-3-6-18;/h1-8,17H,9-16H2,(H,23,26);1H. The molecule has 2 aromatic rings. The Hall–Kier alpha value is -2.00. The summed E-state index contributed by atoms with van der Waals surface area (Å²) in [5, 5.41) is 2.55. The quantitative estimate of drug-likeness (QED) is 0.662. The number of nitrogens with zero attached hydrogens (tertiary/aromatic N) is 2. The molecule has 1 heterocycles. The molecule has 6 nitrogen and oxygen atoms in total. The van der Waals surface area contributed by atoms with Crippen molar-refractivity contribution in [2.45, 2.75) is 6.42 Å². The molecule has 0 radical (unpaired) electrons. The van der Waals surface area contributed by atoms with Gasteiger partial charge in [-0.05, 0) is 30.2 Å². The van der Waals surface area contributed by atoms with Crippen LogP contribution in [0.4, 0.5) is 4.39 Å². The van der Waals surface area contributed by atoms with Crippen molar-refractivity contribution in [2.75, 3.05) is 45.0 Å². The van der Waals surface area contributed by atoms with E-state index in [1.54, 1.807) is 0 Å². The molecular weight excluding hydrogens is 429 g/mol. The van der Waals surface area contributed by atoms with Crippen LogP contribution in [-0.2, 0) is 16.4 Å². The Labute approximate surface area is 183 Å². The molecule has 9 heteroatoms. The fourth-order valence-corrected chi connectivity index (χ4v) is 4.66. The summed E-state index contributed by atoms with van der Waals surface area (Å²) in [6.07, 6.45) is 0.944. The second-order valence-corrected chi connectivity index (χ2v) is 9.15. The van der Waals surface area contributed by atoms with Crippen molar-refractivity contribution in [3.63, 3.8) is 0 Å². The van der Waals surface area contributed by atoms with Crippen molar-refractivity contribution in [1.82, 2.24) is 14.5 Å². The van der Waals surface area contributed by atoms with Gasteiger partial charge in [0.15, 0.2) is 0 Å². The molecule has 1 aliphatic rings. The molecule has 30 heavy (non-hydrogen) atoms. The zero-order chi connectivity index (χ0) is 20.7. The zero-order valence-corrected chi connectivity index (χ0v) is 18.3. The molecule has 1 N–H and O–H groups in total. The highest BCUT2D eigenvalue weighted by Crippen LogP contribution is 2.10. The van der Waals surface area contributed by atoms with E-state index in [2.05, 4.69) is 22.3 Å². The molecule has 1 amide bonds. The molecule has 3 rings (SSSR count). The van der Waals surface area contributed by atoms with Gasteiger partial charge in [0.25, 0.3) is 5.91 Å². The van der Waals surface area contributed by atoms with Gasteiger partial charge in [0, 0.05) is 44.8 Å². The molecule has 0 unspecified atom stereocenters. The average molecular weight is 456 g/mol.